The number of carbonyl (C=O) groups excluding carboxylic acids is 2. The predicted octanol–water partition coefficient (Wildman–Crippen LogP) is 4.16. The van der Waals surface area contributed by atoms with E-state index in [2.05, 4.69) is 28.4 Å². The van der Waals surface area contributed by atoms with Gasteiger partial charge in [0.05, 0.1) is 0 Å². The molecule has 5 nitrogen and oxygen atoms in total. The minimum absolute atomic E-state index is 0.00394. The molecule has 1 saturated heterocycles. The van der Waals surface area contributed by atoms with Crippen LogP contribution in [-0.2, 0) is 16.0 Å². The van der Waals surface area contributed by atoms with Crippen molar-refractivity contribution in [3.63, 3.8) is 0 Å². The molecule has 3 heterocycles. The van der Waals surface area contributed by atoms with E-state index in [1.165, 1.54) is 5.57 Å². The molecule has 0 aromatic carbocycles. The summed E-state index contributed by atoms with van der Waals surface area (Å²) in [5.74, 6) is 1.61. The Kier molecular flexibility index (Phi) is 5.72. The van der Waals surface area contributed by atoms with E-state index < -0.39 is 0 Å². The number of nitrogens with one attached hydrogen (secondary N) is 1. The number of rotatable bonds is 5. The molecule has 0 saturated carbocycles. The Morgan fingerprint density at radius 3 is 3.03 bits per heavy atom. The highest BCUT2D eigenvalue weighted by Gasteiger charge is 2.37. The molecular weight excluding hydrogens is 382 g/mol. The maximum atomic E-state index is 12.6. The standard InChI is InChI=1S/C23H25N3O2S/c1-3-8-29-15(2)18-10-19-13-26(14-20(19)11-18)22(28)7-4-16-9-17-5-6-21(27)25-23(17)24-12-16/h3-4,7-10,12,19-20H,2,5-6,11,13-14H2,1H3,(H,24,25,27)/b7-4+,8-3-. The highest BCUT2D eigenvalue weighted by Crippen LogP contribution is 2.41. The van der Waals surface area contributed by atoms with Crippen LogP contribution in [-0.4, -0.2) is 34.8 Å². The normalized spacial score (nSPS) is 23.3. The fourth-order valence-corrected chi connectivity index (χ4v) is 4.76. The minimum Gasteiger partial charge on any atom is -0.338 e. The molecule has 1 aromatic rings. The number of hydrogen-bond donors (Lipinski definition) is 1. The predicted molar refractivity (Wildman–Crippen MR) is 118 cm³/mol. The van der Waals surface area contributed by atoms with Crippen LogP contribution in [0, 0.1) is 11.8 Å². The zero-order valence-corrected chi connectivity index (χ0v) is 17.4. The van der Waals surface area contributed by atoms with Crippen molar-refractivity contribution >= 4 is 35.5 Å². The quantitative estimate of drug-likeness (QED) is 0.745. The third-order valence-corrected chi connectivity index (χ3v) is 6.65. The van der Waals surface area contributed by atoms with E-state index in [4.69, 9.17) is 0 Å². The Morgan fingerprint density at radius 2 is 2.24 bits per heavy atom. The van der Waals surface area contributed by atoms with E-state index in [1.807, 2.05) is 30.0 Å². The fourth-order valence-electron chi connectivity index (χ4n) is 4.16. The second kappa shape index (κ2) is 8.41. The molecule has 0 radical (unpaired) electrons. The van der Waals surface area contributed by atoms with Crippen molar-refractivity contribution in [3.8, 4) is 0 Å². The zero-order chi connectivity index (χ0) is 20.4. The Balaban J connectivity index is 1.35. The zero-order valence-electron chi connectivity index (χ0n) is 16.6. The first kappa shape index (κ1) is 19.7. The summed E-state index contributed by atoms with van der Waals surface area (Å²) in [5.41, 5.74) is 3.23. The minimum atomic E-state index is 0.00394. The lowest BCUT2D eigenvalue weighted by Crippen LogP contribution is -2.27. The van der Waals surface area contributed by atoms with Gasteiger partial charge in [-0.3, -0.25) is 9.59 Å². The molecule has 2 atom stereocenters. The monoisotopic (exact) mass is 407 g/mol. The van der Waals surface area contributed by atoms with Crippen LogP contribution in [0.5, 0.6) is 0 Å². The number of allylic oxidation sites excluding steroid dienone is 2. The van der Waals surface area contributed by atoms with Gasteiger partial charge in [-0.15, -0.1) is 0 Å². The largest absolute Gasteiger partial charge is 0.338 e. The van der Waals surface area contributed by atoms with E-state index in [0.29, 0.717) is 30.5 Å². The molecule has 1 fully saturated rings. The average molecular weight is 408 g/mol. The summed E-state index contributed by atoms with van der Waals surface area (Å²) in [6, 6.07) is 1.99. The number of carbonyl (C=O) groups is 2. The number of hydrogen-bond acceptors (Lipinski definition) is 4. The molecule has 29 heavy (non-hydrogen) atoms. The number of likely N-dealkylation sites (tertiary alicyclic amines) is 1. The summed E-state index contributed by atoms with van der Waals surface area (Å²) in [4.78, 5) is 31.4. The van der Waals surface area contributed by atoms with Crippen molar-refractivity contribution in [2.24, 2.45) is 11.8 Å². The van der Waals surface area contributed by atoms with Gasteiger partial charge in [0.2, 0.25) is 11.8 Å². The van der Waals surface area contributed by atoms with Gasteiger partial charge < -0.3 is 10.2 Å². The van der Waals surface area contributed by atoms with Crippen LogP contribution in [0.4, 0.5) is 5.82 Å². The molecule has 4 rings (SSSR count). The Hall–Kier alpha value is -2.60. The van der Waals surface area contributed by atoms with Crippen LogP contribution in [0.2, 0.25) is 0 Å². The lowest BCUT2D eigenvalue weighted by molar-refractivity contribution is -0.125. The van der Waals surface area contributed by atoms with Crippen LogP contribution >= 0.6 is 11.8 Å². The van der Waals surface area contributed by atoms with Gasteiger partial charge in [-0.2, -0.15) is 0 Å². The summed E-state index contributed by atoms with van der Waals surface area (Å²) in [7, 11) is 0. The van der Waals surface area contributed by atoms with Crippen LogP contribution < -0.4 is 5.32 Å². The molecular formula is C23H25N3O2S. The number of aryl methyl sites for hydroxylation is 1. The van der Waals surface area contributed by atoms with Crippen molar-refractivity contribution in [1.29, 1.82) is 0 Å². The smallest absolute Gasteiger partial charge is 0.246 e. The maximum absolute atomic E-state index is 12.6. The molecule has 0 spiro atoms. The van der Waals surface area contributed by atoms with Gasteiger partial charge in [-0.25, -0.2) is 4.98 Å². The first-order valence-corrected chi connectivity index (χ1v) is 10.8. The van der Waals surface area contributed by atoms with Crippen molar-refractivity contribution in [2.45, 2.75) is 26.2 Å². The Bertz CT molecular complexity index is 947. The number of fused-ring (bicyclic) bond motifs is 2. The molecule has 6 heteroatoms. The lowest BCUT2D eigenvalue weighted by atomic mass is 10.00. The number of pyridine rings is 1. The molecule has 1 N–H and O–H groups in total. The summed E-state index contributed by atoms with van der Waals surface area (Å²) >= 11 is 1.67. The second-order valence-electron chi connectivity index (χ2n) is 7.73. The van der Waals surface area contributed by atoms with E-state index in [9.17, 15) is 9.59 Å². The highest BCUT2D eigenvalue weighted by atomic mass is 32.2. The van der Waals surface area contributed by atoms with Gasteiger partial charge in [-0.05, 0) is 65.9 Å². The van der Waals surface area contributed by atoms with Crippen molar-refractivity contribution in [3.05, 3.63) is 64.1 Å². The average Bonchev–Trinajstić information content (AvgIpc) is 3.29. The van der Waals surface area contributed by atoms with Crippen molar-refractivity contribution < 1.29 is 9.59 Å². The third kappa shape index (κ3) is 4.37. The first-order valence-electron chi connectivity index (χ1n) is 9.97. The van der Waals surface area contributed by atoms with Crippen LogP contribution in [0.1, 0.15) is 30.9 Å². The van der Waals surface area contributed by atoms with E-state index in [0.717, 1.165) is 35.5 Å². The summed E-state index contributed by atoms with van der Waals surface area (Å²) < 4.78 is 0. The number of thioether (sulfide) groups is 1. The van der Waals surface area contributed by atoms with E-state index in [-0.39, 0.29) is 11.8 Å². The van der Waals surface area contributed by atoms with Gasteiger partial charge in [0.25, 0.3) is 0 Å². The number of nitrogens with zero attached hydrogens (tertiary/aromatic N) is 2. The van der Waals surface area contributed by atoms with E-state index >= 15 is 0 Å². The van der Waals surface area contributed by atoms with Crippen LogP contribution in [0.15, 0.2) is 53.0 Å². The molecule has 2 aliphatic heterocycles. The maximum Gasteiger partial charge on any atom is 0.246 e. The van der Waals surface area contributed by atoms with Gasteiger partial charge in [0.1, 0.15) is 5.82 Å². The molecule has 1 aliphatic carbocycles. The topological polar surface area (TPSA) is 62.3 Å². The number of amides is 2. The molecule has 0 bridgehead atoms. The van der Waals surface area contributed by atoms with Gasteiger partial charge in [-0.1, -0.05) is 30.5 Å². The van der Waals surface area contributed by atoms with Gasteiger partial charge in [0.15, 0.2) is 0 Å². The van der Waals surface area contributed by atoms with Gasteiger partial charge in [0, 0.05) is 36.7 Å². The molecule has 1 aromatic heterocycles. The van der Waals surface area contributed by atoms with Crippen LogP contribution in [0.25, 0.3) is 6.08 Å². The fraction of sp³-hybridized carbons (Fsp3) is 0.348. The summed E-state index contributed by atoms with van der Waals surface area (Å²) in [5, 5.41) is 4.83. The van der Waals surface area contributed by atoms with Crippen molar-refractivity contribution in [1.82, 2.24) is 9.88 Å². The summed E-state index contributed by atoms with van der Waals surface area (Å²) in [6.45, 7) is 7.75. The Labute approximate surface area is 175 Å². The number of anilines is 1. The van der Waals surface area contributed by atoms with Crippen molar-refractivity contribution in [2.75, 3.05) is 18.4 Å². The molecule has 2 amide bonds. The molecule has 3 aliphatic rings. The highest BCUT2D eigenvalue weighted by molar-refractivity contribution is 8.06. The van der Waals surface area contributed by atoms with Crippen LogP contribution in [0.3, 0.4) is 0 Å². The first-order chi connectivity index (χ1) is 14.0. The van der Waals surface area contributed by atoms with E-state index in [1.54, 1.807) is 24.0 Å². The Morgan fingerprint density at radius 1 is 1.38 bits per heavy atom. The second-order valence-corrected chi connectivity index (χ2v) is 8.73. The number of aromatic nitrogens is 1. The summed E-state index contributed by atoms with van der Waals surface area (Å²) in [6.07, 6.45) is 11.6. The third-order valence-electron chi connectivity index (χ3n) is 5.69. The molecule has 2 unspecified atom stereocenters. The van der Waals surface area contributed by atoms with Gasteiger partial charge >= 0.3 is 0 Å². The molecule has 150 valence electrons. The lowest BCUT2D eigenvalue weighted by Gasteiger charge is -2.16. The SMILES string of the molecule is C=C(S/C=C\C)C1=CC2CN(C(=O)/C=C/c3cnc4c(c3)CCC(=O)N4)CC2C1.